The Bertz CT molecular complexity index is 7240. The van der Waals surface area contributed by atoms with Crippen molar-refractivity contribution < 1.29 is 0 Å². The summed E-state index contributed by atoms with van der Waals surface area (Å²) in [6, 6.07) is 126. The summed E-state index contributed by atoms with van der Waals surface area (Å²) in [7, 11) is 0. The van der Waals surface area contributed by atoms with Gasteiger partial charge in [0, 0.05) is 135 Å². The Kier molecular flexibility index (Phi) is 34.9. The van der Waals surface area contributed by atoms with Crippen LogP contribution in [0.15, 0.2) is 382 Å². The highest BCUT2D eigenvalue weighted by atomic mass is 14.7. The zero-order chi connectivity index (χ0) is 100. The van der Waals surface area contributed by atoms with Crippen molar-refractivity contribution in [2.45, 2.75) is 94.8 Å². The van der Waals surface area contributed by atoms with Gasteiger partial charge in [-0.2, -0.15) is 0 Å². The molecule has 2 aliphatic rings. The molecule has 2 aliphatic carbocycles. The number of rotatable bonds is 23. The Morgan fingerprint density at radius 1 is 0.175 bits per heavy atom. The molecule has 0 amide bonds. The summed E-state index contributed by atoms with van der Waals surface area (Å²) in [6.45, 7) is 78.5. The first-order chi connectivity index (χ1) is 70.3. The van der Waals surface area contributed by atoms with Crippen molar-refractivity contribution in [1.82, 2.24) is 0 Å². The van der Waals surface area contributed by atoms with Crippen LogP contribution in [0.1, 0.15) is 106 Å². The molecule has 2 saturated carbocycles. The van der Waals surface area contributed by atoms with Gasteiger partial charge in [0.2, 0.25) is 0 Å². The zero-order valence-corrected chi connectivity index (χ0v) is 79.7. The number of hydrogen-bond acceptors (Lipinski definition) is 0. The summed E-state index contributed by atoms with van der Waals surface area (Å²) < 4.78 is 0. The van der Waals surface area contributed by atoms with E-state index in [1.165, 1.54) is 50.1 Å². The third kappa shape index (κ3) is 25.2. The van der Waals surface area contributed by atoms with E-state index in [2.05, 4.69) is 159 Å². The lowest BCUT2D eigenvalue weighted by molar-refractivity contribution is 0.353. The first-order valence-corrected chi connectivity index (χ1v) is 47.5. The van der Waals surface area contributed by atoms with Gasteiger partial charge in [-0.1, -0.05) is 249 Å². The van der Waals surface area contributed by atoms with Gasteiger partial charge in [0.05, 0.1) is 27.8 Å². The molecular formula is C129H108N14+14. The highest BCUT2D eigenvalue weighted by molar-refractivity contribution is 5.92. The molecule has 16 aromatic carbocycles. The van der Waals surface area contributed by atoms with Crippen molar-refractivity contribution in [3.8, 4) is 148 Å². The summed E-state index contributed by atoms with van der Waals surface area (Å²) in [5, 5.41) is 0. The topological polar surface area (TPSA) is 61.0 Å². The first kappa shape index (κ1) is 99.3. The van der Waals surface area contributed by atoms with Gasteiger partial charge in [-0.25, -0.2) is 0 Å². The highest BCUT2D eigenvalue weighted by Gasteiger charge is 2.51. The van der Waals surface area contributed by atoms with Crippen LogP contribution in [0.4, 0.5) is 79.6 Å². The van der Waals surface area contributed by atoms with Crippen molar-refractivity contribution in [3.63, 3.8) is 0 Å². The van der Waals surface area contributed by atoms with Gasteiger partial charge in [0.15, 0.2) is 0 Å². The third-order valence-electron chi connectivity index (χ3n) is 27.0. The molecule has 680 valence electrons. The Balaban J connectivity index is 0.000000142. The van der Waals surface area contributed by atoms with Gasteiger partial charge in [-0.05, 0) is 263 Å². The Hall–Kier alpha value is -19.6. The quantitative estimate of drug-likeness (QED) is 0.0613. The van der Waals surface area contributed by atoms with Crippen molar-refractivity contribution >= 4 is 79.6 Å². The number of benzene rings is 16. The molecule has 14 nitrogen and oxygen atoms in total. The van der Waals surface area contributed by atoms with Crippen LogP contribution in [0.3, 0.4) is 0 Å². The molecule has 0 atom stereocenters. The van der Waals surface area contributed by atoms with Gasteiger partial charge < -0.3 is 0 Å². The van der Waals surface area contributed by atoms with Gasteiger partial charge in [0.1, 0.15) is 0 Å². The molecule has 14 heteroatoms. The van der Waals surface area contributed by atoms with Crippen LogP contribution < -0.4 is 0 Å². The average molecular weight is 1850 g/mol. The molecule has 0 bridgehead atoms. The second-order valence-electron chi connectivity index (χ2n) is 35.1. The normalized spacial score (nSPS) is 14.1. The number of nitrogens with zero attached hydrogens (tertiary/aromatic N) is 14. The van der Waals surface area contributed by atoms with Crippen LogP contribution in [0.5, 0.6) is 0 Å². The van der Waals surface area contributed by atoms with E-state index in [9.17, 15) is 0 Å². The minimum Gasteiger partial charge on any atom is -0.0614 e. The molecule has 0 saturated heterocycles. The minimum atomic E-state index is 0.300. The summed E-state index contributed by atoms with van der Waals surface area (Å²) in [5.41, 5.74) is 31.8. The fourth-order valence-electron chi connectivity index (χ4n) is 19.7. The molecule has 16 aromatic rings. The molecule has 18 rings (SSSR count). The minimum absolute atomic E-state index is 0.300. The van der Waals surface area contributed by atoms with Gasteiger partial charge in [-0.15, -0.1) is 0 Å². The summed E-state index contributed by atoms with van der Waals surface area (Å²) in [5.74, 6) is 2.97. The SMILES string of the molecule is C#[N+]c1ccccc1-c1cc(-c2ccccc2[N+]#C)cc(-c2ccccc2[N+]#C)c1.C#[N+]c1ccccc1-c1ccc(-c2ccccc2[N+]#C)cc1.C#[N+]c1ccccc1C1CC(c2ccccc2[N+]#C)CC(c2ccccc2[N+]#C)C1.C#[N+]c1ccccc1CC1C(Cc2ccccc2[N+]#C)C1Cc1ccccc1[N+]#C.C#[N+]c1ccccc1CCC(CCc1ccccc1[N+]#C)CCc1ccccc1[N+]#C. The van der Waals surface area contributed by atoms with Crippen LogP contribution >= 0.6 is 0 Å². The van der Waals surface area contributed by atoms with Crippen LogP contribution in [0.25, 0.3) is 123 Å². The summed E-state index contributed by atoms with van der Waals surface area (Å²) in [4.78, 5) is 55.2. The molecule has 0 spiro atoms. The smallest absolute Gasteiger partial charge is 0.0614 e. The van der Waals surface area contributed by atoms with E-state index in [1.807, 2.05) is 291 Å². The average Bonchev–Trinajstić information content (AvgIpc) is 1.61. The Morgan fingerprint density at radius 2 is 0.343 bits per heavy atom. The van der Waals surface area contributed by atoms with Gasteiger partial charge >= 0.3 is 79.6 Å². The summed E-state index contributed by atoms with van der Waals surface area (Å²) in [6.07, 6.45) is 11.7. The van der Waals surface area contributed by atoms with E-state index in [1.54, 1.807) is 0 Å². The van der Waals surface area contributed by atoms with Crippen molar-refractivity contribution in [2.24, 2.45) is 23.7 Å². The molecule has 0 aromatic heterocycles. The van der Waals surface area contributed by atoms with Crippen LogP contribution in [0.2, 0.25) is 0 Å². The summed E-state index contributed by atoms with van der Waals surface area (Å²) >= 11 is 0. The molecule has 0 radical (unpaired) electrons. The lowest BCUT2D eigenvalue weighted by atomic mass is 9.68. The molecule has 0 N–H and O–H groups in total. The lowest BCUT2D eigenvalue weighted by Crippen LogP contribution is -2.20. The predicted molar refractivity (Wildman–Crippen MR) is 602 cm³/mol. The van der Waals surface area contributed by atoms with E-state index in [-0.39, 0.29) is 0 Å². The second kappa shape index (κ2) is 50.3. The molecular weight excluding hydrogens is 1750 g/mol. The van der Waals surface area contributed by atoms with Crippen molar-refractivity contribution in [2.75, 3.05) is 0 Å². The van der Waals surface area contributed by atoms with E-state index >= 15 is 0 Å². The highest BCUT2D eigenvalue weighted by Crippen LogP contribution is 2.56. The van der Waals surface area contributed by atoms with Crippen LogP contribution in [0, 0.1) is 116 Å². The van der Waals surface area contributed by atoms with E-state index in [0.717, 1.165) is 195 Å². The van der Waals surface area contributed by atoms with Crippen LogP contribution in [-0.4, -0.2) is 0 Å². The fraction of sp³-hybridized carbons (Fsp3) is 0.147. The molecule has 0 heterocycles. The first-order valence-electron chi connectivity index (χ1n) is 47.5. The largest absolute Gasteiger partial charge is 0.347 e. The maximum absolute atomic E-state index is 5.70. The standard InChI is InChI=1S/C28H28N3.C27H24N3.C27H18N3.C27H24N3.C20H14N2/c1-29-26-13-7-4-10-23(26)19-16-22(17-20-24-11-5-8-14-27(24)30-2)18-21-25-12-6-9-15-28(25)31-3;2*1-28-25-13-7-4-10-22(25)19-16-20(23-11-5-8-14-26(23)29-2)18-21(17-19)24-12-6-9-15-27(24)30-3;1-28-25-13-7-4-10-19(25)16-22-23(17-20-11-5-8-14-26(20)29-2)24(22)18-21-12-6-9-15-27(21)30-3;1-21-19-9-5-3-7-17(19)15-11-13-16(14-12-15)18-8-4-6-10-20(18)22-2/h1-15,22H,16-21H2;1-15,19-21H,16-18H2;1-18H;1-15,22-24H,16-18H2;1-14H/q4*+3;+2. The number of hydrogen-bond donors (Lipinski definition) is 0. The van der Waals surface area contributed by atoms with E-state index in [4.69, 9.17) is 92.0 Å². The van der Waals surface area contributed by atoms with Crippen molar-refractivity contribution in [3.05, 3.63) is 500 Å². The molecule has 143 heavy (non-hydrogen) atoms. The number of para-hydroxylation sites is 14. The van der Waals surface area contributed by atoms with Gasteiger partial charge in [-0.3, -0.25) is 0 Å². The second-order valence-corrected chi connectivity index (χ2v) is 35.1. The Labute approximate surface area is 840 Å². The maximum atomic E-state index is 5.70. The monoisotopic (exact) mass is 1850 g/mol. The fourth-order valence-corrected chi connectivity index (χ4v) is 19.7. The lowest BCUT2D eigenvalue weighted by Gasteiger charge is -2.34. The molecule has 0 unspecified atom stereocenters. The molecule has 0 aliphatic heterocycles. The zero-order valence-electron chi connectivity index (χ0n) is 79.7. The van der Waals surface area contributed by atoms with Crippen molar-refractivity contribution in [1.29, 1.82) is 0 Å². The van der Waals surface area contributed by atoms with E-state index in [0.29, 0.717) is 58.5 Å². The van der Waals surface area contributed by atoms with E-state index < -0.39 is 0 Å². The van der Waals surface area contributed by atoms with Gasteiger partial charge in [0.25, 0.3) is 92.0 Å². The number of aryl methyl sites for hydroxylation is 3. The maximum Gasteiger partial charge on any atom is 0.347 e. The predicted octanol–water partition coefficient (Wildman–Crippen LogP) is 38.6. The third-order valence-corrected chi connectivity index (χ3v) is 27.0. The van der Waals surface area contributed by atoms with Crippen LogP contribution in [-0.2, 0) is 38.5 Å². The molecule has 2 fully saturated rings. The Morgan fingerprint density at radius 3 is 0.559 bits per heavy atom.